The van der Waals surface area contributed by atoms with Crippen molar-refractivity contribution in [3.63, 3.8) is 0 Å². The molecule has 3 rings (SSSR count). The minimum atomic E-state index is -0.969. The van der Waals surface area contributed by atoms with Gasteiger partial charge in [-0.25, -0.2) is 4.79 Å². The molecule has 2 heterocycles. The number of fused-ring (bicyclic) bond motifs is 1. The summed E-state index contributed by atoms with van der Waals surface area (Å²) < 4.78 is 5.05. The van der Waals surface area contributed by atoms with Crippen molar-refractivity contribution in [2.24, 2.45) is 0 Å². The average Bonchev–Trinajstić information content (AvgIpc) is 2.84. The van der Waals surface area contributed by atoms with E-state index in [1.807, 2.05) is 6.07 Å². The monoisotopic (exact) mass is 300 g/mol. The number of carboxylic acid groups (broad SMARTS) is 1. The van der Waals surface area contributed by atoms with Crippen molar-refractivity contribution >= 4 is 11.9 Å². The molecule has 0 unspecified atom stereocenters. The lowest BCUT2D eigenvalue weighted by Gasteiger charge is -2.29. The van der Waals surface area contributed by atoms with Gasteiger partial charge in [-0.15, -0.1) is 0 Å². The van der Waals surface area contributed by atoms with Crippen LogP contribution in [0.4, 0.5) is 0 Å². The zero-order valence-electron chi connectivity index (χ0n) is 12.4. The molecule has 1 aromatic heterocycles. The van der Waals surface area contributed by atoms with E-state index in [2.05, 4.69) is 5.16 Å². The second-order valence-corrected chi connectivity index (χ2v) is 5.42. The fourth-order valence-electron chi connectivity index (χ4n) is 2.90. The number of hydrogen-bond acceptors (Lipinski definition) is 4. The maximum absolute atomic E-state index is 12.7. The highest BCUT2D eigenvalue weighted by Crippen LogP contribution is 2.25. The van der Waals surface area contributed by atoms with Crippen LogP contribution in [-0.2, 0) is 13.0 Å². The quantitative estimate of drug-likeness (QED) is 0.919. The molecule has 114 valence electrons. The standard InChI is InChI=1S/C16H16N2O4/c1-9-14(10(2)22-17-9)15(19)18-7-6-11-4-3-5-12(16(20)21)13(11)8-18/h3-5H,6-8H2,1-2H3,(H,20,21). The van der Waals surface area contributed by atoms with Crippen molar-refractivity contribution in [1.29, 1.82) is 0 Å². The van der Waals surface area contributed by atoms with Crippen molar-refractivity contribution in [3.05, 3.63) is 51.9 Å². The first-order valence-corrected chi connectivity index (χ1v) is 7.05. The Balaban J connectivity index is 1.94. The summed E-state index contributed by atoms with van der Waals surface area (Å²) in [5.41, 5.74) is 2.98. The molecule has 6 heteroatoms. The molecule has 0 fully saturated rings. The van der Waals surface area contributed by atoms with Crippen LogP contribution in [0.25, 0.3) is 0 Å². The third-order valence-corrected chi connectivity index (χ3v) is 4.04. The number of carbonyl (C=O) groups is 2. The molecule has 1 amide bonds. The van der Waals surface area contributed by atoms with Gasteiger partial charge in [0.15, 0.2) is 0 Å². The Hall–Kier alpha value is -2.63. The van der Waals surface area contributed by atoms with E-state index in [9.17, 15) is 14.7 Å². The molecule has 0 aliphatic carbocycles. The number of aromatic carboxylic acids is 1. The number of amides is 1. The Morgan fingerprint density at radius 2 is 2.09 bits per heavy atom. The largest absolute Gasteiger partial charge is 0.478 e. The molecule has 0 spiro atoms. The molecular formula is C16H16N2O4. The third kappa shape index (κ3) is 2.26. The highest BCUT2D eigenvalue weighted by molar-refractivity contribution is 5.96. The number of hydrogen-bond donors (Lipinski definition) is 1. The summed E-state index contributed by atoms with van der Waals surface area (Å²) in [4.78, 5) is 25.7. The van der Waals surface area contributed by atoms with E-state index in [4.69, 9.17) is 4.52 Å². The molecule has 0 radical (unpaired) electrons. The fraction of sp³-hybridized carbons (Fsp3) is 0.312. The zero-order chi connectivity index (χ0) is 15.9. The summed E-state index contributed by atoms with van der Waals surface area (Å²) in [6.45, 7) is 4.28. The molecule has 2 aromatic rings. The Morgan fingerprint density at radius 1 is 1.32 bits per heavy atom. The predicted octanol–water partition coefficient (Wildman–Crippen LogP) is 2.19. The number of rotatable bonds is 2. The maximum atomic E-state index is 12.7. The summed E-state index contributed by atoms with van der Waals surface area (Å²) >= 11 is 0. The first-order valence-electron chi connectivity index (χ1n) is 7.05. The minimum absolute atomic E-state index is 0.165. The maximum Gasteiger partial charge on any atom is 0.336 e. The summed E-state index contributed by atoms with van der Waals surface area (Å²) in [5.74, 6) is -0.648. The Labute approximate surface area is 127 Å². The van der Waals surface area contributed by atoms with Gasteiger partial charge in [0.1, 0.15) is 11.3 Å². The number of carbonyl (C=O) groups excluding carboxylic acids is 1. The van der Waals surface area contributed by atoms with Gasteiger partial charge in [0.2, 0.25) is 0 Å². The van der Waals surface area contributed by atoms with Gasteiger partial charge >= 0.3 is 5.97 Å². The van der Waals surface area contributed by atoms with E-state index >= 15 is 0 Å². The molecule has 0 saturated heterocycles. The molecule has 1 aromatic carbocycles. The lowest BCUT2D eigenvalue weighted by Crippen LogP contribution is -2.37. The van der Waals surface area contributed by atoms with Crippen LogP contribution in [0.15, 0.2) is 22.7 Å². The van der Waals surface area contributed by atoms with Crippen LogP contribution in [0.2, 0.25) is 0 Å². The van der Waals surface area contributed by atoms with Gasteiger partial charge in [-0.3, -0.25) is 4.79 Å². The van der Waals surface area contributed by atoms with Gasteiger partial charge < -0.3 is 14.5 Å². The summed E-state index contributed by atoms with van der Waals surface area (Å²) in [6.07, 6.45) is 0.644. The number of aryl methyl sites for hydroxylation is 2. The number of benzene rings is 1. The molecule has 1 N–H and O–H groups in total. The second-order valence-electron chi connectivity index (χ2n) is 5.42. The van der Waals surface area contributed by atoms with Crippen LogP contribution in [0.1, 0.15) is 43.3 Å². The average molecular weight is 300 g/mol. The number of carboxylic acids is 1. The van der Waals surface area contributed by atoms with Gasteiger partial charge in [0.05, 0.1) is 11.3 Å². The summed E-state index contributed by atoms with van der Waals surface area (Å²) in [7, 11) is 0. The molecular weight excluding hydrogens is 284 g/mol. The van der Waals surface area contributed by atoms with Crippen molar-refractivity contribution < 1.29 is 19.2 Å². The van der Waals surface area contributed by atoms with Gasteiger partial charge in [0, 0.05) is 13.1 Å². The Kier molecular flexibility index (Phi) is 3.44. The highest BCUT2D eigenvalue weighted by atomic mass is 16.5. The smallest absolute Gasteiger partial charge is 0.336 e. The van der Waals surface area contributed by atoms with Crippen LogP contribution in [-0.4, -0.2) is 33.6 Å². The van der Waals surface area contributed by atoms with E-state index in [1.54, 1.807) is 30.9 Å². The second kappa shape index (κ2) is 5.29. The van der Waals surface area contributed by atoms with Crippen LogP contribution in [0, 0.1) is 13.8 Å². The van der Waals surface area contributed by atoms with E-state index in [0.29, 0.717) is 42.1 Å². The molecule has 0 atom stereocenters. The molecule has 22 heavy (non-hydrogen) atoms. The topological polar surface area (TPSA) is 83.6 Å². The van der Waals surface area contributed by atoms with Gasteiger partial charge in [-0.2, -0.15) is 0 Å². The number of nitrogens with zero attached hydrogens (tertiary/aromatic N) is 2. The van der Waals surface area contributed by atoms with Crippen molar-refractivity contribution in [2.45, 2.75) is 26.8 Å². The summed E-state index contributed by atoms with van der Waals surface area (Å²) in [5, 5.41) is 13.1. The summed E-state index contributed by atoms with van der Waals surface area (Å²) in [6, 6.07) is 5.23. The van der Waals surface area contributed by atoms with Gasteiger partial charge in [-0.1, -0.05) is 17.3 Å². The van der Waals surface area contributed by atoms with Gasteiger partial charge in [0.25, 0.3) is 5.91 Å². The van der Waals surface area contributed by atoms with Crippen LogP contribution in [0.3, 0.4) is 0 Å². The van der Waals surface area contributed by atoms with Crippen molar-refractivity contribution in [3.8, 4) is 0 Å². The van der Waals surface area contributed by atoms with Crippen LogP contribution < -0.4 is 0 Å². The highest BCUT2D eigenvalue weighted by Gasteiger charge is 2.28. The fourth-order valence-corrected chi connectivity index (χ4v) is 2.90. The first kappa shape index (κ1) is 14.3. The van der Waals surface area contributed by atoms with E-state index in [0.717, 1.165) is 5.56 Å². The molecule has 0 bridgehead atoms. The molecule has 1 aliphatic rings. The lowest BCUT2D eigenvalue weighted by atomic mass is 9.94. The van der Waals surface area contributed by atoms with Crippen molar-refractivity contribution in [1.82, 2.24) is 10.1 Å². The molecule has 0 saturated carbocycles. The van der Waals surface area contributed by atoms with Gasteiger partial charge in [-0.05, 0) is 37.5 Å². The predicted molar refractivity (Wildman–Crippen MR) is 77.8 cm³/mol. The van der Waals surface area contributed by atoms with Crippen LogP contribution >= 0.6 is 0 Å². The van der Waals surface area contributed by atoms with Crippen molar-refractivity contribution in [2.75, 3.05) is 6.54 Å². The van der Waals surface area contributed by atoms with Crippen LogP contribution in [0.5, 0.6) is 0 Å². The third-order valence-electron chi connectivity index (χ3n) is 4.04. The SMILES string of the molecule is Cc1noc(C)c1C(=O)N1CCc2cccc(C(=O)O)c2C1. The molecule has 6 nitrogen and oxygen atoms in total. The Bertz CT molecular complexity index is 744. The normalized spacial score (nSPS) is 13.8. The lowest BCUT2D eigenvalue weighted by molar-refractivity contribution is 0.0677. The van der Waals surface area contributed by atoms with E-state index < -0.39 is 5.97 Å². The minimum Gasteiger partial charge on any atom is -0.478 e. The van der Waals surface area contributed by atoms with E-state index in [-0.39, 0.29) is 11.5 Å². The molecule has 1 aliphatic heterocycles. The van der Waals surface area contributed by atoms with E-state index in [1.165, 1.54) is 0 Å². The zero-order valence-corrected chi connectivity index (χ0v) is 12.4. The Morgan fingerprint density at radius 3 is 2.73 bits per heavy atom. The first-order chi connectivity index (χ1) is 10.5. The number of aromatic nitrogens is 1.